The Kier molecular flexibility index (Phi) is 8.93. The van der Waals surface area contributed by atoms with E-state index in [1.807, 2.05) is 56.4 Å². The molecule has 4 aromatic rings. The van der Waals surface area contributed by atoms with Crippen LogP contribution in [-0.4, -0.2) is 34.3 Å². The van der Waals surface area contributed by atoms with E-state index in [1.54, 1.807) is 31.7 Å². The zero-order chi connectivity index (χ0) is 28.9. The molecule has 1 aromatic heterocycles. The third-order valence-corrected chi connectivity index (χ3v) is 6.70. The second-order valence-corrected chi connectivity index (χ2v) is 11.0. The highest BCUT2D eigenvalue weighted by Gasteiger charge is 2.20. The van der Waals surface area contributed by atoms with Crippen molar-refractivity contribution in [3.05, 3.63) is 78.1 Å². The van der Waals surface area contributed by atoms with Gasteiger partial charge in [0.25, 0.3) is 0 Å². The molecule has 1 amide bonds. The van der Waals surface area contributed by atoms with Gasteiger partial charge in [-0.3, -0.25) is 4.79 Å². The smallest absolute Gasteiger partial charge is 0.428 e. The maximum Gasteiger partial charge on any atom is 0.514 e. The van der Waals surface area contributed by atoms with Crippen LogP contribution in [-0.2, 0) is 22.5 Å². The van der Waals surface area contributed by atoms with Gasteiger partial charge in [-0.2, -0.15) is 0 Å². The van der Waals surface area contributed by atoms with Gasteiger partial charge in [-0.15, -0.1) is 0 Å². The topological polar surface area (TPSA) is 73.7 Å². The number of aryl methyl sites for hydroxylation is 1. The molecular formula is C33H39N3O4. The van der Waals surface area contributed by atoms with Crippen molar-refractivity contribution in [1.82, 2.24) is 9.55 Å². The van der Waals surface area contributed by atoms with Crippen LogP contribution in [0.4, 0.5) is 10.5 Å². The van der Waals surface area contributed by atoms with Gasteiger partial charge in [0.2, 0.25) is 5.91 Å². The van der Waals surface area contributed by atoms with Gasteiger partial charge in [0.15, 0.2) is 0 Å². The number of hydrogen-bond donors (Lipinski definition) is 0. The van der Waals surface area contributed by atoms with Crippen molar-refractivity contribution in [2.75, 3.05) is 11.9 Å². The van der Waals surface area contributed by atoms with Gasteiger partial charge < -0.3 is 18.9 Å². The van der Waals surface area contributed by atoms with E-state index in [-0.39, 0.29) is 5.91 Å². The van der Waals surface area contributed by atoms with Gasteiger partial charge >= 0.3 is 6.16 Å². The first-order valence-electron chi connectivity index (χ1n) is 13.9. The van der Waals surface area contributed by atoms with Crippen LogP contribution in [0.25, 0.3) is 22.2 Å². The molecule has 0 aliphatic carbocycles. The zero-order valence-electron chi connectivity index (χ0n) is 24.4. The summed E-state index contributed by atoms with van der Waals surface area (Å²) >= 11 is 0. The number of nitrogens with zero attached hydrogens (tertiary/aromatic N) is 3. The summed E-state index contributed by atoms with van der Waals surface area (Å²) in [5.74, 6) is 1.56. The Hall–Kier alpha value is -4.13. The minimum atomic E-state index is -0.728. The lowest BCUT2D eigenvalue weighted by Gasteiger charge is -2.19. The number of anilines is 1. The largest absolute Gasteiger partial charge is 0.514 e. The molecule has 0 radical (unpaired) electrons. The summed E-state index contributed by atoms with van der Waals surface area (Å²) in [7, 11) is 1.81. The molecule has 1 heterocycles. The number of aromatic nitrogens is 2. The van der Waals surface area contributed by atoms with Gasteiger partial charge in [0.1, 0.15) is 17.2 Å². The highest BCUT2D eigenvalue weighted by atomic mass is 16.7. The second-order valence-electron chi connectivity index (χ2n) is 11.0. The summed E-state index contributed by atoms with van der Waals surface area (Å²) < 4.78 is 13.1. The molecule has 40 heavy (non-hydrogen) atoms. The molecule has 3 aromatic carbocycles. The minimum absolute atomic E-state index is 0.0724. The van der Waals surface area contributed by atoms with E-state index >= 15 is 0 Å². The first-order chi connectivity index (χ1) is 19.1. The van der Waals surface area contributed by atoms with E-state index in [1.165, 1.54) is 0 Å². The highest BCUT2D eigenvalue weighted by Crippen LogP contribution is 2.31. The monoisotopic (exact) mass is 541 g/mol. The molecule has 0 N–H and O–H groups in total. The number of unbranched alkanes of at least 4 members (excludes halogenated alkanes) is 1. The molecule has 0 unspecified atom stereocenters. The predicted octanol–water partition coefficient (Wildman–Crippen LogP) is 7.78. The number of hydrogen-bond acceptors (Lipinski definition) is 5. The molecule has 0 saturated carbocycles. The number of fused-ring (bicyclic) bond motifs is 1. The summed E-state index contributed by atoms with van der Waals surface area (Å²) in [6, 6.07) is 21.7. The lowest BCUT2D eigenvalue weighted by molar-refractivity contribution is -0.118. The maximum absolute atomic E-state index is 12.3. The van der Waals surface area contributed by atoms with Crippen molar-refractivity contribution in [3.63, 3.8) is 0 Å². The molecule has 7 nitrogen and oxygen atoms in total. The average molecular weight is 542 g/mol. The van der Waals surface area contributed by atoms with Crippen LogP contribution in [0, 0.1) is 0 Å². The van der Waals surface area contributed by atoms with Crippen molar-refractivity contribution in [2.45, 2.75) is 72.4 Å². The number of para-hydroxylation sites is 1. The Bertz CT molecular complexity index is 1480. The van der Waals surface area contributed by atoms with Gasteiger partial charge in [-0.25, -0.2) is 9.78 Å². The number of carbonyl (C=O) groups is 2. The summed E-state index contributed by atoms with van der Waals surface area (Å²) in [5, 5.41) is 0. The number of ether oxygens (including phenoxy) is 2. The van der Waals surface area contributed by atoms with Crippen LogP contribution in [0.2, 0.25) is 0 Å². The Morgan fingerprint density at radius 3 is 2.38 bits per heavy atom. The van der Waals surface area contributed by atoms with E-state index in [0.29, 0.717) is 18.7 Å². The van der Waals surface area contributed by atoms with Crippen molar-refractivity contribution in [2.24, 2.45) is 0 Å². The molecule has 0 aliphatic heterocycles. The zero-order valence-corrected chi connectivity index (χ0v) is 24.4. The first kappa shape index (κ1) is 28.9. The molecule has 0 aliphatic rings. The van der Waals surface area contributed by atoms with Gasteiger partial charge in [-0.1, -0.05) is 62.7 Å². The van der Waals surface area contributed by atoms with Crippen LogP contribution in [0.3, 0.4) is 0 Å². The fraction of sp³-hybridized carbons (Fsp3) is 0.364. The molecule has 0 saturated heterocycles. The quantitative estimate of drug-likeness (QED) is 0.160. The van der Waals surface area contributed by atoms with E-state index < -0.39 is 11.8 Å². The summed E-state index contributed by atoms with van der Waals surface area (Å²) in [6.07, 6.45) is 2.75. The average Bonchev–Trinajstić information content (AvgIpc) is 3.27. The van der Waals surface area contributed by atoms with E-state index in [2.05, 4.69) is 29.7 Å². The molecule has 0 fully saturated rings. The van der Waals surface area contributed by atoms with Crippen LogP contribution < -0.4 is 9.64 Å². The molecule has 4 rings (SSSR count). The summed E-state index contributed by atoms with van der Waals surface area (Å²) in [5.41, 5.74) is 5.03. The van der Waals surface area contributed by atoms with Crippen molar-refractivity contribution >= 4 is 28.8 Å². The minimum Gasteiger partial charge on any atom is -0.428 e. The van der Waals surface area contributed by atoms with Crippen molar-refractivity contribution in [3.8, 4) is 16.9 Å². The maximum atomic E-state index is 12.3. The molecule has 0 bridgehead atoms. The molecular weight excluding hydrogens is 502 g/mol. The number of imidazole rings is 1. The Morgan fingerprint density at radius 1 is 0.975 bits per heavy atom. The Balaban J connectivity index is 1.63. The Labute approximate surface area is 236 Å². The van der Waals surface area contributed by atoms with E-state index in [0.717, 1.165) is 58.5 Å². The standard InChI is InChI=1S/C33H39N3O4/c1-7-9-14-30-34-27-20-19-25(35(6)31(37)8-2)21-28(27)36(30)22-23-15-17-24(18-16-23)26-12-10-11-13-29(26)39-32(38)40-33(3,4)5/h10-13,15-21H,7-9,14,22H2,1-6H3. The lowest BCUT2D eigenvalue weighted by atomic mass is 10.0. The van der Waals surface area contributed by atoms with Crippen LogP contribution in [0.15, 0.2) is 66.7 Å². The number of benzene rings is 3. The van der Waals surface area contributed by atoms with Gasteiger partial charge in [0, 0.05) is 37.7 Å². The van der Waals surface area contributed by atoms with Crippen LogP contribution in [0.5, 0.6) is 5.75 Å². The first-order valence-corrected chi connectivity index (χ1v) is 13.9. The third kappa shape index (κ3) is 6.89. The fourth-order valence-electron chi connectivity index (χ4n) is 4.58. The summed E-state index contributed by atoms with van der Waals surface area (Å²) in [4.78, 5) is 31.3. The predicted molar refractivity (Wildman–Crippen MR) is 160 cm³/mol. The van der Waals surface area contributed by atoms with Crippen molar-refractivity contribution in [1.29, 1.82) is 0 Å². The number of rotatable bonds is 9. The molecule has 7 heteroatoms. The number of carbonyl (C=O) groups excluding carboxylic acids is 2. The van der Waals surface area contributed by atoms with Crippen molar-refractivity contribution < 1.29 is 19.1 Å². The Morgan fingerprint density at radius 2 is 1.70 bits per heavy atom. The van der Waals surface area contributed by atoms with E-state index in [9.17, 15) is 9.59 Å². The molecule has 0 atom stereocenters. The molecule has 210 valence electrons. The van der Waals surface area contributed by atoms with Crippen LogP contribution in [0.1, 0.15) is 65.3 Å². The highest BCUT2D eigenvalue weighted by molar-refractivity contribution is 5.94. The summed E-state index contributed by atoms with van der Waals surface area (Å²) in [6.45, 7) is 10.1. The fourth-order valence-corrected chi connectivity index (χ4v) is 4.58. The SMILES string of the molecule is CCCCc1nc2ccc(N(C)C(=O)CC)cc2n1Cc1ccc(-c2ccccc2OC(=O)OC(C)(C)C)cc1. The third-order valence-electron chi connectivity index (χ3n) is 6.70. The van der Waals surface area contributed by atoms with Gasteiger partial charge in [-0.05, 0) is 62.6 Å². The normalized spacial score (nSPS) is 11.4. The molecule has 0 spiro atoms. The second kappa shape index (κ2) is 12.4. The van der Waals surface area contributed by atoms with Gasteiger partial charge in [0.05, 0.1) is 11.0 Å². The van der Waals surface area contributed by atoms with Crippen LogP contribution >= 0.6 is 0 Å². The number of amides is 1. The van der Waals surface area contributed by atoms with E-state index in [4.69, 9.17) is 14.5 Å². The lowest BCUT2D eigenvalue weighted by Crippen LogP contribution is -2.26.